The monoisotopic (exact) mass is 403 g/mol. The lowest BCUT2D eigenvalue weighted by atomic mass is 9.43. The molecule has 30 heavy (non-hydrogen) atoms. The van der Waals surface area contributed by atoms with Crippen LogP contribution in [0.4, 0.5) is 0 Å². The van der Waals surface area contributed by atoms with E-state index in [0.717, 1.165) is 18.3 Å². The van der Waals surface area contributed by atoms with Crippen molar-refractivity contribution in [3.63, 3.8) is 0 Å². The van der Waals surface area contributed by atoms with Crippen molar-refractivity contribution in [1.82, 2.24) is 4.98 Å². The summed E-state index contributed by atoms with van der Waals surface area (Å²) < 4.78 is 0. The summed E-state index contributed by atoms with van der Waals surface area (Å²) >= 11 is 0. The van der Waals surface area contributed by atoms with E-state index in [4.69, 9.17) is 0 Å². The van der Waals surface area contributed by atoms with Crippen molar-refractivity contribution in [1.29, 1.82) is 0 Å². The Morgan fingerprint density at radius 3 is 2.70 bits per heavy atom. The molecule has 2 aromatic rings. The highest BCUT2D eigenvalue weighted by molar-refractivity contribution is 5.80. The van der Waals surface area contributed by atoms with Gasteiger partial charge in [0.25, 0.3) is 0 Å². The number of H-pyrrole nitrogens is 1. The first-order chi connectivity index (χ1) is 14.2. The molecule has 1 N–H and O–H groups in total. The molecule has 1 unspecified atom stereocenters. The highest BCUT2D eigenvalue weighted by atomic mass is 14.7. The Kier molecular flexibility index (Phi) is 5.77. The number of aromatic amines is 1. The molecule has 5 atom stereocenters. The van der Waals surface area contributed by atoms with E-state index in [1.807, 2.05) is 0 Å². The van der Waals surface area contributed by atoms with Crippen molar-refractivity contribution >= 4 is 10.9 Å². The van der Waals surface area contributed by atoms with Crippen molar-refractivity contribution < 1.29 is 0 Å². The first-order valence-electron chi connectivity index (χ1n) is 12.1. The van der Waals surface area contributed by atoms with Crippen LogP contribution in [0.25, 0.3) is 10.9 Å². The first kappa shape index (κ1) is 21.5. The molecule has 1 heteroatoms. The predicted molar refractivity (Wildman–Crippen MR) is 131 cm³/mol. The van der Waals surface area contributed by atoms with Gasteiger partial charge in [-0.25, -0.2) is 0 Å². The Balaban J connectivity index is 1.63. The second kappa shape index (κ2) is 8.06. The summed E-state index contributed by atoms with van der Waals surface area (Å²) in [5.74, 6) is 2.18. The summed E-state index contributed by atoms with van der Waals surface area (Å²) in [6.45, 7) is 16.8. The summed E-state index contributed by atoms with van der Waals surface area (Å²) in [6, 6.07) is 11.0. The highest BCUT2D eigenvalue weighted by Crippen LogP contribution is 2.64. The van der Waals surface area contributed by atoms with Crippen LogP contribution in [0.15, 0.2) is 54.1 Å². The van der Waals surface area contributed by atoms with Crippen molar-refractivity contribution in [2.45, 2.75) is 79.6 Å². The Labute approximate surface area is 184 Å². The van der Waals surface area contributed by atoms with E-state index >= 15 is 0 Å². The van der Waals surface area contributed by atoms with Crippen LogP contribution in [0.1, 0.15) is 78.8 Å². The lowest BCUT2D eigenvalue weighted by molar-refractivity contribution is -0.0961. The minimum atomic E-state index is 0.360. The van der Waals surface area contributed by atoms with Gasteiger partial charge in [-0.2, -0.15) is 0 Å². The van der Waals surface area contributed by atoms with Crippen LogP contribution < -0.4 is 0 Å². The van der Waals surface area contributed by atoms with Gasteiger partial charge in [0.15, 0.2) is 0 Å². The second-order valence-electron chi connectivity index (χ2n) is 11.2. The summed E-state index contributed by atoms with van der Waals surface area (Å²) in [6.07, 6.45) is 11.3. The molecule has 2 fully saturated rings. The minimum Gasteiger partial charge on any atom is -0.358 e. The van der Waals surface area contributed by atoms with Gasteiger partial charge in [0.05, 0.1) is 0 Å². The van der Waals surface area contributed by atoms with Gasteiger partial charge < -0.3 is 4.98 Å². The van der Waals surface area contributed by atoms with Gasteiger partial charge in [0.1, 0.15) is 0 Å². The van der Waals surface area contributed by atoms with Crippen LogP contribution >= 0.6 is 0 Å². The summed E-state index contributed by atoms with van der Waals surface area (Å²) in [5, 5.41) is 1.33. The average Bonchev–Trinajstić information content (AvgIpc) is 3.11. The lowest BCUT2D eigenvalue weighted by Gasteiger charge is -2.61. The zero-order chi connectivity index (χ0) is 21.5. The van der Waals surface area contributed by atoms with Gasteiger partial charge in [-0.05, 0) is 105 Å². The van der Waals surface area contributed by atoms with E-state index in [0.29, 0.717) is 16.7 Å². The molecule has 1 aromatic heterocycles. The van der Waals surface area contributed by atoms with Crippen LogP contribution in [-0.4, -0.2) is 4.98 Å². The quantitative estimate of drug-likeness (QED) is 0.482. The molecule has 1 nitrogen and oxygen atoms in total. The molecule has 1 aromatic carbocycles. The van der Waals surface area contributed by atoms with Crippen LogP contribution in [0, 0.1) is 28.6 Å². The molecular formula is C29H41N. The largest absolute Gasteiger partial charge is 0.358 e. The molecule has 0 bridgehead atoms. The summed E-state index contributed by atoms with van der Waals surface area (Å²) in [7, 11) is 0. The molecule has 0 amide bonds. The Morgan fingerprint density at radius 2 is 1.97 bits per heavy atom. The molecule has 2 saturated carbocycles. The number of rotatable bonds is 5. The van der Waals surface area contributed by atoms with E-state index in [1.54, 1.807) is 0 Å². The Morgan fingerprint density at radius 1 is 1.20 bits per heavy atom. The number of hydrogen-bond acceptors (Lipinski definition) is 0. The molecule has 0 radical (unpaired) electrons. The molecular weight excluding hydrogens is 362 g/mol. The first-order valence-corrected chi connectivity index (χ1v) is 12.1. The van der Waals surface area contributed by atoms with Gasteiger partial charge in [-0.1, -0.05) is 62.8 Å². The fraction of sp³-hybridized carbons (Fsp3) is 0.586. The number of hydrogen-bond donors (Lipinski definition) is 1. The van der Waals surface area contributed by atoms with Gasteiger partial charge >= 0.3 is 0 Å². The van der Waals surface area contributed by atoms with Crippen LogP contribution in [0.3, 0.4) is 0 Å². The Bertz CT molecular complexity index is 909. The topological polar surface area (TPSA) is 15.8 Å². The van der Waals surface area contributed by atoms with Gasteiger partial charge in [-0.15, -0.1) is 0 Å². The van der Waals surface area contributed by atoms with Gasteiger partial charge in [0.2, 0.25) is 0 Å². The van der Waals surface area contributed by atoms with Crippen molar-refractivity contribution in [3.8, 4) is 0 Å². The maximum absolute atomic E-state index is 4.61. The van der Waals surface area contributed by atoms with E-state index < -0.39 is 0 Å². The Hall–Kier alpha value is -1.76. The molecule has 2 aliphatic carbocycles. The fourth-order valence-corrected chi connectivity index (χ4v) is 7.11. The normalized spacial score (nSPS) is 34.0. The molecule has 0 spiro atoms. The molecule has 0 aliphatic heterocycles. The number of benzene rings is 1. The number of nitrogens with one attached hydrogen (secondary N) is 1. The van der Waals surface area contributed by atoms with E-state index in [1.165, 1.54) is 66.3 Å². The van der Waals surface area contributed by atoms with Gasteiger partial charge in [0, 0.05) is 11.2 Å². The lowest BCUT2D eigenvalue weighted by Crippen LogP contribution is -2.53. The SMILES string of the molecule is C=C1CC[C@H]2[C@](C)(CCC=C(C)C)[C@@H](C)CC[C@]2(C)C1Cc1cc2ccccc2[nH]1. The number of aromatic nitrogens is 1. The predicted octanol–water partition coefficient (Wildman–Crippen LogP) is 8.48. The van der Waals surface area contributed by atoms with Crippen LogP contribution in [0.5, 0.6) is 0 Å². The third-order valence-electron chi connectivity index (χ3n) is 9.12. The summed E-state index contributed by atoms with van der Waals surface area (Å²) in [5.41, 5.74) is 6.39. The smallest absolute Gasteiger partial charge is 0.0456 e. The van der Waals surface area contributed by atoms with E-state index in [-0.39, 0.29) is 0 Å². The zero-order valence-electron chi connectivity index (χ0n) is 19.9. The van der Waals surface area contributed by atoms with Gasteiger partial charge in [-0.3, -0.25) is 0 Å². The van der Waals surface area contributed by atoms with Crippen LogP contribution in [-0.2, 0) is 6.42 Å². The highest BCUT2D eigenvalue weighted by Gasteiger charge is 2.56. The zero-order valence-corrected chi connectivity index (χ0v) is 19.9. The van der Waals surface area contributed by atoms with Crippen molar-refractivity contribution in [2.24, 2.45) is 28.6 Å². The average molecular weight is 404 g/mol. The third-order valence-corrected chi connectivity index (χ3v) is 9.12. The second-order valence-corrected chi connectivity index (χ2v) is 11.2. The minimum absolute atomic E-state index is 0.360. The maximum atomic E-state index is 4.61. The molecule has 4 rings (SSSR count). The fourth-order valence-electron chi connectivity index (χ4n) is 7.11. The van der Waals surface area contributed by atoms with Crippen molar-refractivity contribution in [2.75, 3.05) is 0 Å². The maximum Gasteiger partial charge on any atom is 0.0456 e. The van der Waals surface area contributed by atoms with E-state index in [9.17, 15) is 0 Å². The molecule has 0 saturated heterocycles. The molecule has 1 heterocycles. The number of fused-ring (bicyclic) bond motifs is 2. The molecule has 162 valence electrons. The number of allylic oxidation sites excluding steroid dienone is 3. The summed E-state index contributed by atoms with van der Waals surface area (Å²) in [4.78, 5) is 3.70. The molecule has 2 aliphatic rings. The van der Waals surface area contributed by atoms with Crippen LogP contribution in [0.2, 0.25) is 0 Å². The third kappa shape index (κ3) is 3.70. The standard InChI is InChI=1S/C29H41N/c1-20(2)10-9-16-28(5)22(4)15-17-29(6)25(21(3)13-14-27(28)29)19-24-18-23-11-7-8-12-26(23)30-24/h7-8,10-12,18,22,25,27,30H,3,9,13-17,19H2,1-2,4-6H3/t22-,25?,27-,28+,29+/m0/s1. The number of para-hydroxylation sites is 1. The van der Waals surface area contributed by atoms with E-state index in [2.05, 4.69) is 82.6 Å². The van der Waals surface area contributed by atoms with Crippen molar-refractivity contribution in [3.05, 3.63) is 59.8 Å².